The van der Waals surface area contributed by atoms with Crippen LogP contribution in [-0.4, -0.2) is 34.5 Å². The fourth-order valence-corrected chi connectivity index (χ4v) is 12.6. The first-order chi connectivity index (χ1) is 37.0. The molecule has 0 radical (unpaired) electrons. The minimum Gasteiger partial charge on any atom is -0.481 e. The van der Waals surface area contributed by atoms with Crippen LogP contribution in [0, 0.1) is 11.8 Å². The molecule has 4 heteroatoms. The van der Waals surface area contributed by atoms with Gasteiger partial charge in [0.15, 0.2) is 0 Å². The van der Waals surface area contributed by atoms with Crippen LogP contribution >= 0.6 is 0 Å². The van der Waals surface area contributed by atoms with Gasteiger partial charge in [0.1, 0.15) is 0 Å². The maximum absolute atomic E-state index is 11.9. The van der Waals surface area contributed by atoms with Crippen LogP contribution in [0.2, 0.25) is 0 Å². The van der Waals surface area contributed by atoms with Crippen molar-refractivity contribution >= 4 is 5.97 Å². The number of carboxylic acids is 1. The molecule has 2 N–H and O–H groups in total. The predicted molar refractivity (Wildman–Crippen MR) is 333 cm³/mol. The van der Waals surface area contributed by atoms with Crippen molar-refractivity contribution in [3.63, 3.8) is 0 Å². The summed E-state index contributed by atoms with van der Waals surface area (Å²) in [5.41, 5.74) is 0. The average Bonchev–Trinajstić information content (AvgIpc) is 4.19. The minimum atomic E-state index is -0.800. The third kappa shape index (κ3) is 52.5. The lowest BCUT2D eigenvalue weighted by atomic mass is 9.91. The Bertz CT molecular complexity index is 1090. The Morgan fingerprint density at radius 1 is 0.320 bits per heavy atom. The number of rotatable bonds is 66. The molecule has 0 aromatic rings. The Morgan fingerprint density at radius 2 is 0.533 bits per heavy atom. The molecule has 1 saturated heterocycles. The van der Waals surface area contributed by atoms with Gasteiger partial charge in [-0.1, -0.05) is 393 Å². The third-order valence-corrected chi connectivity index (χ3v) is 18.1. The smallest absolute Gasteiger partial charge is 0.309 e. The molecule has 0 amide bonds. The topological polar surface area (TPSA) is 70.1 Å². The van der Waals surface area contributed by atoms with E-state index < -0.39 is 18.0 Å². The Morgan fingerprint density at radius 3 is 0.787 bits per heavy atom. The monoisotopic (exact) mass is 1060 g/mol. The number of ether oxygens (including phenoxy) is 1. The van der Waals surface area contributed by atoms with Crippen molar-refractivity contribution in [3.05, 3.63) is 0 Å². The van der Waals surface area contributed by atoms with Gasteiger partial charge in [0.2, 0.25) is 0 Å². The summed E-state index contributed by atoms with van der Waals surface area (Å²) in [6.45, 7) is 7.05. The van der Waals surface area contributed by atoms with Crippen molar-refractivity contribution < 1.29 is 19.7 Å². The summed E-state index contributed by atoms with van der Waals surface area (Å²) in [7, 11) is 0. The summed E-state index contributed by atoms with van der Waals surface area (Å²) in [4.78, 5) is 11.9. The molecule has 448 valence electrons. The summed E-state index contributed by atoms with van der Waals surface area (Å²) >= 11 is 0. The molecule has 5 unspecified atom stereocenters. The summed E-state index contributed by atoms with van der Waals surface area (Å²) < 4.78 is 6.13. The number of aliphatic hydroxyl groups excluding tert-OH is 1. The molecule has 1 aliphatic heterocycles. The van der Waals surface area contributed by atoms with Crippen LogP contribution in [0.1, 0.15) is 419 Å². The second-order valence-corrected chi connectivity index (χ2v) is 25.6. The molecule has 0 aromatic heterocycles. The van der Waals surface area contributed by atoms with Gasteiger partial charge < -0.3 is 14.9 Å². The van der Waals surface area contributed by atoms with E-state index in [4.69, 9.17) is 4.74 Å². The van der Waals surface area contributed by atoms with E-state index in [1.165, 1.54) is 360 Å². The lowest BCUT2D eigenvalue weighted by molar-refractivity contribution is -0.146. The molecule has 1 heterocycles. The van der Waals surface area contributed by atoms with Crippen LogP contribution in [0.25, 0.3) is 0 Å². The van der Waals surface area contributed by atoms with Gasteiger partial charge in [0, 0.05) is 0 Å². The predicted octanol–water partition coefficient (Wildman–Crippen LogP) is 24.7. The second kappa shape index (κ2) is 59.5. The van der Waals surface area contributed by atoms with E-state index >= 15 is 0 Å². The molecule has 4 nitrogen and oxygen atoms in total. The van der Waals surface area contributed by atoms with E-state index in [0.29, 0.717) is 25.0 Å². The highest BCUT2D eigenvalue weighted by atomic mass is 16.6. The quantitative estimate of drug-likeness (QED) is 0.0470. The number of carboxylic acid groups (broad SMARTS) is 1. The number of aliphatic carboxylic acids is 1. The Hall–Kier alpha value is -0.610. The zero-order valence-electron chi connectivity index (χ0n) is 51.9. The van der Waals surface area contributed by atoms with Crippen LogP contribution in [0.4, 0.5) is 0 Å². The van der Waals surface area contributed by atoms with E-state index in [1.807, 2.05) is 0 Å². The SMILES string of the molecule is CCCCCCCCCCCCCCCCCCCCCCCCC(C(=O)O)C(O)CCCCCCCCCCCCCCCCCCCCCCCCC1OC1C(C)CCCCCCCCCCCCCCCC. The van der Waals surface area contributed by atoms with Crippen molar-refractivity contribution in [2.24, 2.45) is 11.8 Å². The maximum atomic E-state index is 11.9. The summed E-state index contributed by atoms with van der Waals surface area (Å²) in [6.07, 6.45) is 84.8. The number of unbranched alkanes of at least 4 members (excludes halogenated alkanes) is 55. The van der Waals surface area contributed by atoms with Gasteiger partial charge in [-0.3, -0.25) is 4.79 Å². The summed E-state index contributed by atoms with van der Waals surface area (Å²) in [6, 6.07) is 0. The molecule has 1 rings (SSSR count). The molecule has 0 saturated carbocycles. The van der Waals surface area contributed by atoms with Crippen molar-refractivity contribution in [2.75, 3.05) is 0 Å². The molecule has 5 atom stereocenters. The highest BCUT2D eigenvalue weighted by Gasteiger charge is 2.41. The highest BCUT2D eigenvalue weighted by molar-refractivity contribution is 5.70. The zero-order valence-corrected chi connectivity index (χ0v) is 51.9. The van der Waals surface area contributed by atoms with Gasteiger partial charge in [-0.2, -0.15) is 0 Å². The van der Waals surface area contributed by atoms with Crippen LogP contribution in [0.15, 0.2) is 0 Å². The van der Waals surface area contributed by atoms with Crippen molar-refractivity contribution in [2.45, 2.75) is 437 Å². The lowest BCUT2D eigenvalue weighted by Gasteiger charge is -2.19. The van der Waals surface area contributed by atoms with Gasteiger partial charge in [-0.25, -0.2) is 0 Å². The second-order valence-electron chi connectivity index (χ2n) is 25.6. The molecular weight excluding hydrogens is 917 g/mol. The van der Waals surface area contributed by atoms with E-state index in [9.17, 15) is 15.0 Å². The number of epoxide rings is 1. The Kier molecular flexibility index (Phi) is 57.4. The van der Waals surface area contributed by atoms with Gasteiger partial charge in [0.25, 0.3) is 0 Å². The molecule has 0 aliphatic carbocycles. The molecule has 0 spiro atoms. The van der Waals surface area contributed by atoms with E-state index in [1.54, 1.807) is 0 Å². The maximum Gasteiger partial charge on any atom is 0.309 e. The van der Waals surface area contributed by atoms with Crippen molar-refractivity contribution in [1.82, 2.24) is 0 Å². The van der Waals surface area contributed by atoms with Crippen molar-refractivity contribution in [3.8, 4) is 0 Å². The molecule has 0 aromatic carbocycles. The number of aliphatic hydroxyl groups is 1. The van der Waals surface area contributed by atoms with Gasteiger partial charge >= 0.3 is 5.97 Å². The first-order valence-corrected chi connectivity index (χ1v) is 35.6. The Balaban J connectivity index is 1.75. The van der Waals surface area contributed by atoms with E-state index in [2.05, 4.69) is 20.8 Å². The molecule has 0 bridgehead atoms. The molecule has 1 fully saturated rings. The number of hydrogen-bond acceptors (Lipinski definition) is 3. The van der Waals surface area contributed by atoms with Crippen molar-refractivity contribution in [1.29, 1.82) is 0 Å². The van der Waals surface area contributed by atoms with E-state index in [-0.39, 0.29) is 0 Å². The normalized spacial score (nSPS) is 15.7. The summed E-state index contributed by atoms with van der Waals surface area (Å²) in [5.74, 6) is -0.618. The number of carbonyl (C=O) groups is 1. The Labute approximate surface area is 472 Å². The van der Waals surface area contributed by atoms with Crippen LogP contribution in [0.3, 0.4) is 0 Å². The molecule has 1 aliphatic rings. The van der Waals surface area contributed by atoms with Gasteiger partial charge in [0.05, 0.1) is 24.2 Å². The minimum absolute atomic E-state index is 0.579. The fourth-order valence-electron chi connectivity index (χ4n) is 12.6. The average molecular weight is 1060 g/mol. The summed E-state index contributed by atoms with van der Waals surface area (Å²) in [5, 5.41) is 20.5. The lowest BCUT2D eigenvalue weighted by Crippen LogP contribution is -2.28. The van der Waals surface area contributed by atoms with Gasteiger partial charge in [-0.15, -0.1) is 0 Å². The molecular formula is C71H140O4. The first kappa shape index (κ1) is 72.4. The standard InChI is InChI=1S/C71H140O4/c1-4-6-8-10-12-14-16-18-20-21-22-23-26-29-32-35-39-43-47-51-55-59-63-67(71(73)74)68(72)64-60-56-52-48-44-40-36-33-30-27-24-25-28-31-34-37-41-45-49-53-57-61-65-69-70(75-69)66(3)62-58-54-50-46-42-38-19-17-15-13-11-9-7-5-2/h66-70,72H,4-65H2,1-3H3,(H,73,74). The van der Waals surface area contributed by atoms with E-state index in [0.717, 1.165) is 31.6 Å². The van der Waals surface area contributed by atoms with Crippen LogP contribution < -0.4 is 0 Å². The first-order valence-electron chi connectivity index (χ1n) is 35.6. The van der Waals surface area contributed by atoms with Crippen LogP contribution in [-0.2, 0) is 9.53 Å². The number of hydrogen-bond donors (Lipinski definition) is 2. The van der Waals surface area contributed by atoms with Gasteiger partial charge in [-0.05, 0) is 31.6 Å². The zero-order chi connectivity index (χ0) is 54.0. The largest absolute Gasteiger partial charge is 0.481 e. The third-order valence-electron chi connectivity index (χ3n) is 18.1. The van der Waals surface area contributed by atoms with Crippen LogP contribution in [0.5, 0.6) is 0 Å². The molecule has 75 heavy (non-hydrogen) atoms. The highest BCUT2D eigenvalue weighted by Crippen LogP contribution is 2.36. The fraction of sp³-hybridized carbons (Fsp3) is 0.986.